The van der Waals surface area contributed by atoms with Crippen LogP contribution < -0.4 is 0 Å². The smallest absolute Gasteiger partial charge is 0.188 e. The molecule has 0 fully saturated rings. The molecule has 0 heterocycles. The molecule has 0 amide bonds. The van der Waals surface area contributed by atoms with Gasteiger partial charge in [-0.2, -0.15) is 0 Å². The number of aromatic hydroxyl groups is 2. The zero-order valence-electron chi connectivity index (χ0n) is 12.5. The zero-order valence-corrected chi connectivity index (χ0v) is 14.1. The molecule has 128 valence electrons. The number of fused-ring (bicyclic) bond motifs is 1. The topological polar surface area (TPSA) is 126 Å². The molecule has 0 aromatic heterocycles. The van der Waals surface area contributed by atoms with Gasteiger partial charge in [0.05, 0.1) is 4.90 Å². The van der Waals surface area contributed by atoms with E-state index in [0.29, 0.717) is 15.8 Å². The van der Waals surface area contributed by atoms with Crippen molar-refractivity contribution in [3.63, 3.8) is 0 Å². The third-order valence-electron chi connectivity index (χ3n) is 3.46. The highest BCUT2D eigenvalue weighted by Gasteiger charge is 2.11. The maximum atomic E-state index is 11.5. The van der Waals surface area contributed by atoms with Crippen molar-refractivity contribution >= 4 is 43.8 Å². The van der Waals surface area contributed by atoms with Crippen molar-refractivity contribution in [3.05, 3.63) is 53.6 Å². The number of rotatable bonds is 3. The molecule has 0 aliphatic heterocycles. The van der Waals surface area contributed by atoms with Crippen LogP contribution in [0.4, 0.5) is 11.4 Å². The molecule has 25 heavy (non-hydrogen) atoms. The van der Waals surface area contributed by atoms with Gasteiger partial charge in [-0.15, -0.1) is 10.2 Å². The lowest BCUT2D eigenvalue weighted by atomic mass is 10.1. The number of phenols is 2. The van der Waals surface area contributed by atoms with Crippen LogP contribution in [0.15, 0.2) is 63.7 Å². The van der Waals surface area contributed by atoms with Crippen LogP contribution in [0, 0.1) is 4.78 Å². The first-order valence-corrected chi connectivity index (χ1v) is 8.82. The molecule has 3 aromatic carbocycles. The molecule has 4 N–H and O–H groups in total. The number of halogens is 1. The molecule has 0 aliphatic carbocycles. The van der Waals surface area contributed by atoms with E-state index in [-0.39, 0.29) is 27.8 Å². The summed E-state index contributed by atoms with van der Waals surface area (Å²) in [6, 6.07) is 11.4. The van der Waals surface area contributed by atoms with Gasteiger partial charge in [-0.1, -0.05) is 23.7 Å². The molecule has 0 saturated carbocycles. The van der Waals surface area contributed by atoms with Crippen molar-refractivity contribution in [2.45, 2.75) is 4.90 Å². The summed E-state index contributed by atoms with van der Waals surface area (Å²) in [6.07, 6.45) is 0. The van der Waals surface area contributed by atoms with Gasteiger partial charge in [-0.05, 0) is 41.8 Å². The Morgan fingerprint density at radius 3 is 2.40 bits per heavy atom. The number of azo groups is 1. The molecule has 7 nitrogen and oxygen atoms in total. The van der Waals surface area contributed by atoms with Crippen molar-refractivity contribution in [3.8, 4) is 11.5 Å². The normalized spacial score (nSPS) is 14.0. The molecule has 0 aliphatic rings. The van der Waals surface area contributed by atoms with Crippen LogP contribution in [0.25, 0.3) is 10.8 Å². The summed E-state index contributed by atoms with van der Waals surface area (Å²) >= 11 is 5.85. The van der Waals surface area contributed by atoms with E-state index < -0.39 is 10.0 Å². The molecule has 0 radical (unpaired) electrons. The first-order valence-electron chi connectivity index (χ1n) is 6.93. The number of benzene rings is 3. The fourth-order valence-electron chi connectivity index (χ4n) is 2.24. The molecule has 3 rings (SSSR count). The predicted octanol–water partition coefficient (Wildman–Crippen LogP) is 5.20. The van der Waals surface area contributed by atoms with Gasteiger partial charge in [0.15, 0.2) is 10.0 Å². The highest BCUT2D eigenvalue weighted by Crippen LogP contribution is 2.38. The van der Waals surface area contributed by atoms with Crippen molar-refractivity contribution in [1.29, 1.82) is 4.78 Å². The van der Waals surface area contributed by atoms with E-state index in [9.17, 15) is 19.0 Å². The second kappa shape index (κ2) is 6.32. The molecule has 3 aromatic rings. The van der Waals surface area contributed by atoms with Gasteiger partial charge in [0.2, 0.25) is 0 Å². The van der Waals surface area contributed by atoms with Crippen molar-refractivity contribution in [1.82, 2.24) is 0 Å². The largest absolute Gasteiger partial charge is 0.506 e. The summed E-state index contributed by atoms with van der Waals surface area (Å²) in [4.78, 5) is -0.0546. The number of hydrogen-bond acceptors (Lipinski definition) is 6. The lowest BCUT2D eigenvalue weighted by Crippen LogP contribution is -1.95. The Labute approximate surface area is 148 Å². The quantitative estimate of drug-likeness (QED) is 0.468. The summed E-state index contributed by atoms with van der Waals surface area (Å²) in [5, 5.41) is 29.0. The zero-order chi connectivity index (χ0) is 18.2. The summed E-state index contributed by atoms with van der Waals surface area (Å²) in [5.41, 5.74) is 0.253. The Bertz CT molecular complexity index is 1110. The van der Waals surface area contributed by atoms with Crippen LogP contribution in [-0.4, -0.2) is 19.0 Å². The van der Waals surface area contributed by atoms with Crippen LogP contribution in [0.2, 0.25) is 5.02 Å². The molecule has 0 spiro atoms. The Hall–Kier alpha value is -2.68. The van der Waals surface area contributed by atoms with Crippen molar-refractivity contribution in [2.24, 2.45) is 10.2 Å². The number of nitrogens with zero attached hydrogens (tertiary/aromatic N) is 2. The summed E-state index contributed by atoms with van der Waals surface area (Å²) in [5.74, 6) is -0.273. The summed E-state index contributed by atoms with van der Waals surface area (Å²) in [6.45, 7) is 0. The van der Waals surface area contributed by atoms with Crippen LogP contribution in [0.1, 0.15) is 0 Å². The van der Waals surface area contributed by atoms with Crippen LogP contribution in [0.3, 0.4) is 0 Å². The molecule has 0 saturated heterocycles. The number of hydrogen-bond donors (Lipinski definition) is 4. The number of phenolic OH excluding ortho intramolecular Hbond substituents is 2. The first-order chi connectivity index (χ1) is 11.8. The van der Waals surface area contributed by atoms with E-state index in [1.165, 1.54) is 48.5 Å². The van der Waals surface area contributed by atoms with Gasteiger partial charge < -0.3 is 10.2 Å². The Balaban J connectivity index is 2.14. The molecule has 1 unspecified atom stereocenters. The Morgan fingerprint density at radius 1 is 0.960 bits per heavy atom. The second-order valence-electron chi connectivity index (χ2n) is 5.18. The standard InChI is InChI=1S/C16H12ClN3O4S/c17-10-2-6-14(21)13(8-10)19-20-16-12-4-3-11(25(18,23)24)7-9(12)1-5-15(16)22/h1-8,21-22H,(H2,18,23,24). The Kier molecular flexibility index (Phi) is 4.34. The minimum absolute atomic E-state index is 0.0546. The SMILES string of the molecule is N=S(=O)(O)c1ccc2c(N=Nc3cc(Cl)ccc3O)c(O)ccc2c1. The van der Waals surface area contributed by atoms with E-state index in [0.717, 1.165) is 0 Å². The summed E-state index contributed by atoms with van der Waals surface area (Å²) < 4.78 is 28.0. The lowest BCUT2D eigenvalue weighted by Gasteiger charge is -2.06. The summed E-state index contributed by atoms with van der Waals surface area (Å²) in [7, 11) is -3.85. The van der Waals surface area contributed by atoms with Crippen molar-refractivity contribution < 1.29 is 19.0 Å². The van der Waals surface area contributed by atoms with Gasteiger partial charge in [0.1, 0.15) is 22.9 Å². The minimum Gasteiger partial charge on any atom is -0.506 e. The lowest BCUT2D eigenvalue weighted by molar-refractivity contribution is 0.474. The van der Waals surface area contributed by atoms with Crippen LogP contribution in [0.5, 0.6) is 11.5 Å². The van der Waals surface area contributed by atoms with Gasteiger partial charge in [0, 0.05) is 10.4 Å². The highest BCUT2D eigenvalue weighted by molar-refractivity contribution is 7.86. The van der Waals surface area contributed by atoms with E-state index in [2.05, 4.69) is 10.2 Å². The monoisotopic (exact) mass is 377 g/mol. The highest BCUT2D eigenvalue weighted by atomic mass is 35.5. The third kappa shape index (κ3) is 3.55. The first kappa shape index (κ1) is 17.2. The van der Waals surface area contributed by atoms with Crippen LogP contribution in [-0.2, 0) is 10.0 Å². The molecule has 0 bridgehead atoms. The van der Waals surface area contributed by atoms with E-state index in [1.807, 2.05) is 0 Å². The second-order valence-corrected chi connectivity index (χ2v) is 7.13. The maximum Gasteiger partial charge on any atom is 0.188 e. The Morgan fingerprint density at radius 2 is 1.68 bits per heavy atom. The average Bonchev–Trinajstić information content (AvgIpc) is 2.55. The fraction of sp³-hybridized carbons (Fsp3) is 0. The van der Waals surface area contributed by atoms with E-state index in [4.69, 9.17) is 16.4 Å². The maximum absolute atomic E-state index is 11.5. The van der Waals surface area contributed by atoms with E-state index in [1.54, 1.807) is 0 Å². The van der Waals surface area contributed by atoms with Gasteiger partial charge in [-0.25, -0.2) is 8.99 Å². The van der Waals surface area contributed by atoms with Gasteiger partial charge >= 0.3 is 0 Å². The van der Waals surface area contributed by atoms with Crippen molar-refractivity contribution in [2.75, 3.05) is 0 Å². The third-order valence-corrected chi connectivity index (χ3v) is 4.58. The molecular weight excluding hydrogens is 366 g/mol. The van der Waals surface area contributed by atoms with Gasteiger partial charge in [0.25, 0.3) is 0 Å². The fourth-order valence-corrected chi connectivity index (χ4v) is 2.94. The predicted molar refractivity (Wildman–Crippen MR) is 94.7 cm³/mol. The van der Waals surface area contributed by atoms with Crippen LogP contribution >= 0.6 is 11.6 Å². The minimum atomic E-state index is -3.85. The number of nitrogens with one attached hydrogen (secondary N) is 1. The van der Waals surface area contributed by atoms with Gasteiger partial charge in [-0.3, -0.25) is 4.55 Å². The molecule has 9 heteroatoms. The average molecular weight is 378 g/mol. The molecule has 1 atom stereocenters. The molecular formula is C16H12ClN3O4S. The van der Waals surface area contributed by atoms with E-state index >= 15 is 0 Å².